The van der Waals surface area contributed by atoms with Crippen molar-refractivity contribution in [2.24, 2.45) is 17.8 Å². The number of aliphatic carboxylic acids is 1. The number of ether oxygens (including phenoxy) is 2. The first-order chi connectivity index (χ1) is 13.5. The molecule has 0 radical (unpaired) electrons. The summed E-state index contributed by atoms with van der Waals surface area (Å²) in [7, 11) is 1.65. The van der Waals surface area contributed by atoms with Gasteiger partial charge in [-0.1, -0.05) is 12.5 Å². The first kappa shape index (κ1) is 19.1. The summed E-state index contributed by atoms with van der Waals surface area (Å²) in [5.41, 5.74) is 0.443. The van der Waals surface area contributed by atoms with Crippen molar-refractivity contribution in [2.75, 3.05) is 7.11 Å². The zero-order valence-corrected chi connectivity index (χ0v) is 16.5. The van der Waals surface area contributed by atoms with Crippen molar-refractivity contribution in [2.45, 2.75) is 69.3 Å². The summed E-state index contributed by atoms with van der Waals surface area (Å²) in [4.78, 5) is 11.3. The van der Waals surface area contributed by atoms with E-state index in [9.17, 15) is 15.2 Å². The van der Waals surface area contributed by atoms with E-state index >= 15 is 0 Å². The molecular weight excluding hydrogens is 354 g/mol. The molecule has 0 spiro atoms. The predicted molar refractivity (Wildman–Crippen MR) is 104 cm³/mol. The number of rotatable bonds is 5. The molecule has 1 aromatic rings. The second kappa shape index (κ2) is 7.66. The SMILES string of the molecule is COc1ccc(C2(C#N)C[C@H]3CC(C(=O)O)C[C@H]3C2)cc1OC1CCCCC1. The van der Waals surface area contributed by atoms with E-state index < -0.39 is 11.4 Å². The fourth-order valence-corrected chi connectivity index (χ4v) is 5.71. The standard InChI is InChI=1S/C23H29NO4/c1-27-20-8-7-18(11-21(20)28-19-5-3-2-4-6-19)23(14-24)12-16-9-15(22(25)26)10-17(16)13-23/h7-8,11,15-17,19H,2-6,9-10,12-13H2,1H3,(H,25,26)/t15?,16-,17+,23?. The van der Waals surface area contributed by atoms with Gasteiger partial charge in [-0.3, -0.25) is 4.79 Å². The number of carboxylic acid groups (broad SMARTS) is 1. The number of nitrogens with zero attached hydrogens (tertiary/aromatic N) is 1. The Hall–Kier alpha value is -2.22. The fraction of sp³-hybridized carbons (Fsp3) is 0.652. The highest BCUT2D eigenvalue weighted by molar-refractivity contribution is 5.70. The molecule has 4 rings (SSSR count). The maximum Gasteiger partial charge on any atom is 0.306 e. The monoisotopic (exact) mass is 383 g/mol. The Balaban J connectivity index is 1.57. The van der Waals surface area contributed by atoms with Crippen LogP contribution < -0.4 is 9.47 Å². The molecule has 28 heavy (non-hydrogen) atoms. The van der Waals surface area contributed by atoms with Crippen LogP contribution in [0.1, 0.15) is 63.4 Å². The minimum absolute atomic E-state index is 0.218. The molecule has 5 nitrogen and oxygen atoms in total. The number of nitriles is 1. The number of carboxylic acids is 1. The minimum Gasteiger partial charge on any atom is -0.493 e. The third-order valence-electron chi connectivity index (χ3n) is 7.19. The van der Waals surface area contributed by atoms with Crippen LogP contribution in [0.3, 0.4) is 0 Å². The highest BCUT2D eigenvalue weighted by Gasteiger charge is 2.52. The van der Waals surface area contributed by atoms with E-state index in [0.29, 0.717) is 30.4 Å². The van der Waals surface area contributed by atoms with E-state index in [1.165, 1.54) is 19.3 Å². The van der Waals surface area contributed by atoms with E-state index in [2.05, 4.69) is 6.07 Å². The first-order valence-corrected chi connectivity index (χ1v) is 10.5. The van der Waals surface area contributed by atoms with Gasteiger partial charge in [-0.05, 0) is 80.9 Å². The summed E-state index contributed by atoms with van der Waals surface area (Å²) >= 11 is 0. The number of methoxy groups -OCH3 is 1. The Morgan fingerprint density at radius 3 is 2.39 bits per heavy atom. The zero-order valence-electron chi connectivity index (χ0n) is 16.5. The summed E-state index contributed by atoms with van der Waals surface area (Å²) in [6.07, 6.45) is 8.90. The normalized spacial score (nSPS) is 32.5. The summed E-state index contributed by atoms with van der Waals surface area (Å²) in [6.45, 7) is 0. The Morgan fingerprint density at radius 1 is 1.14 bits per heavy atom. The van der Waals surface area contributed by atoms with E-state index in [1.54, 1.807) is 7.11 Å². The number of carbonyl (C=O) groups is 1. The molecule has 150 valence electrons. The van der Waals surface area contributed by atoms with Gasteiger partial charge < -0.3 is 14.6 Å². The molecule has 0 amide bonds. The summed E-state index contributed by atoms with van der Waals surface area (Å²) < 4.78 is 11.8. The van der Waals surface area contributed by atoms with Crippen LogP contribution in [0.4, 0.5) is 0 Å². The topological polar surface area (TPSA) is 79.5 Å². The summed E-state index contributed by atoms with van der Waals surface area (Å²) in [6, 6.07) is 8.51. The maximum absolute atomic E-state index is 11.3. The Bertz CT molecular complexity index is 763. The van der Waals surface area contributed by atoms with Gasteiger partial charge in [0.15, 0.2) is 11.5 Å². The third-order valence-corrected chi connectivity index (χ3v) is 7.19. The lowest BCUT2D eigenvalue weighted by Crippen LogP contribution is -2.24. The average Bonchev–Trinajstić information content (AvgIpc) is 3.26. The Labute approximate surface area is 166 Å². The van der Waals surface area contributed by atoms with Crippen molar-refractivity contribution in [3.05, 3.63) is 23.8 Å². The molecule has 1 aromatic carbocycles. The van der Waals surface area contributed by atoms with E-state index in [4.69, 9.17) is 9.47 Å². The number of hydrogen-bond acceptors (Lipinski definition) is 4. The zero-order chi connectivity index (χ0) is 19.7. The van der Waals surface area contributed by atoms with Gasteiger partial charge in [0, 0.05) is 0 Å². The van der Waals surface area contributed by atoms with E-state index in [0.717, 1.165) is 37.0 Å². The van der Waals surface area contributed by atoms with Crippen LogP contribution in [0.25, 0.3) is 0 Å². The van der Waals surface area contributed by atoms with Crippen molar-refractivity contribution in [3.8, 4) is 17.6 Å². The van der Waals surface area contributed by atoms with Gasteiger partial charge in [-0.15, -0.1) is 0 Å². The van der Waals surface area contributed by atoms with Crippen molar-refractivity contribution in [1.82, 2.24) is 0 Å². The lowest BCUT2D eigenvalue weighted by Gasteiger charge is -2.27. The van der Waals surface area contributed by atoms with Gasteiger partial charge in [-0.2, -0.15) is 5.26 Å². The molecule has 3 fully saturated rings. The van der Waals surface area contributed by atoms with Crippen molar-refractivity contribution < 1.29 is 19.4 Å². The molecule has 3 saturated carbocycles. The Kier molecular flexibility index (Phi) is 5.23. The predicted octanol–water partition coefficient (Wildman–Crippen LogP) is 4.69. The van der Waals surface area contributed by atoms with E-state index in [1.807, 2.05) is 18.2 Å². The van der Waals surface area contributed by atoms with Gasteiger partial charge >= 0.3 is 5.97 Å². The van der Waals surface area contributed by atoms with Gasteiger partial charge in [0.2, 0.25) is 0 Å². The number of benzene rings is 1. The molecule has 3 aliphatic carbocycles. The Morgan fingerprint density at radius 2 is 1.82 bits per heavy atom. The smallest absolute Gasteiger partial charge is 0.306 e. The first-order valence-electron chi connectivity index (χ1n) is 10.5. The summed E-state index contributed by atoms with van der Waals surface area (Å²) in [5, 5.41) is 19.4. The fourth-order valence-electron chi connectivity index (χ4n) is 5.71. The molecule has 2 unspecified atom stereocenters. The molecule has 5 heteroatoms. The van der Waals surface area contributed by atoms with Gasteiger partial charge in [0.25, 0.3) is 0 Å². The molecule has 0 aliphatic heterocycles. The van der Waals surface area contributed by atoms with Crippen LogP contribution in [-0.4, -0.2) is 24.3 Å². The van der Waals surface area contributed by atoms with Crippen LogP contribution in [0, 0.1) is 29.1 Å². The van der Waals surface area contributed by atoms with Crippen LogP contribution in [0.5, 0.6) is 11.5 Å². The largest absolute Gasteiger partial charge is 0.493 e. The van der Waals surface area contributed by atoms with Crippen molar-refractivity contribution >= 4 is 5.97 Å². The quantitative estimate of drug-likeness (QED) is 0.798. The average molecular weight is 383 g/mol. The van der Waals surface area contributed by atoms with Crippen molar-refractivity contribution in [1.29, 1.82) is 5.26 Å². The molecule has 3 aliphatic rings. The molecule has 0 aromatic heterocycles. The molecule has 1 N–H and O–H groups in total. The molecule has 0 heterocycles. The molecule has 0 saturated heterocycles. The lowest BCUT2D eigenvalue weighted by molar-refractivity contribution is -0.141. The summed E-state index contributed by atoms with van der Waals surface area (Å²) in [5.74, 6) is 1.17. The van der Waals surface area contributed by atoms with Gasteiger partial charge in [-0.25, -0.2) is 0 Å². The van der Waals surface area contributed by atoms with E-state index in [-0.39, 0.29) is 12.0 Å². The second-order valence-electron chi connectivity index (χ2n) is 8.87. The van der Waals surface area contributed by atoms with Crippen LogP contribution >= 0.6 is 0 Å². The number of fused-ring (bicyclic) bond motifs is 1. The highest BCUT2D eigenvalue weighted by atomic mass is 16.5. The van der Waals surface area contributed by atoms with Crippen LogP contribution in [0.15, 0.2) is 18.2 Å². The number of hydrogen-bond donors (Lipinski definition) is 1. The van der Waals surface area contributed by atoms with Crippen molar-refractivity contribution in [3.63, 3.8) is 0 Å². The highest BCUT2D eigenvalue weighted by Crippen LogP contribution is 2.56. The van der Waals surface area contributed by atoms with Gasteiger partial charge in [0.05, 0.1) is 30.6 Å². The third kappa shape index (κ3) is 3.45. The van der Waals surface area contributed by atoms with Crippen LogP contribution in [-0.2, 0) is 10.2 Å². The van der Waals surface area contributed by atoms with Crippen LogP contribution in [0.2, 0.25) is 0 Å². The molecule has 4 atom stereocenters. The lowest BCUT2D eigenvalue weighted by atomic mass is 9.77. The van der Waals surface area contributed by atoms with Gasteiger partial charge in [0.1, 0.15) is 0 Å². The minimum atomic E-state index is -0.690. The maximum atomic E-state index is 11.3. The second-order valence-corrected chi connectivity index (χ2v) is 8.87. The molecular formula is C23H29NO4. The molecule has 0 bridgehead atoms.